The first-order valence-electron chi connectivity index (χ1n) is 6.68. The van der Waals surface area contributed by atoms with E-state index in [4.69, 9.17) is 0 Å². The average Bonchev–Trinajstić information content (AvgIpc) is 2.24. The molecule has 0 aromatic rings. The highest BCUT2D eigenvalue weighted by Crippen LogP contribution is 2.31. The van der Waals surface area contributed by atoms with Gasteiger partial charge in [-0.15, -0.1) is 0 Å². The largest absolute Gasteiger partial charge is 0.316 e. The molecule has 1 saturated carbocycles. The van der Waals surface area contributed by atoms with Crippen LogP contribution in [0.25, 0.3) is 0 Å². The maximum atomic E-state index is 3.77. The lowest BCUT2D eigenvalue weighted by Gasteiger charge is -2.41. The van der Waals surface area contributed by atoms with E-state index in [9.17, 15) is 0 Å². The highest BCUT2D eigenvalue weighted by Gasteiger charge is 2.32. The van der Waals surface area contributed by atoms with Gasteiger partial charge in [-0.25, -0.2) is 0 Å². The topological polar surface area (TPSA) is 24.1 Å². The summed E-state index contributed by atoms with van der Waals surface area (Å²) in [5.74, 6) is 0.963. The summed E-state index contributed by atoms with van der Waals surface area (Å²) in [6.45, 7) is 8.38. The molecule has 1 heterocycles. The fourth-order valence-corrected chi connectivity index (χ4v) is 3.04. The Hall–Kier alpha value is -0.0800. The fourth-order valence-electron chi connectivity index (χ4n) is 3.04. The molecule has 0 aromatic carbocycles. The molecule has 0 spiro atoms. The van der Waals surface area contributed by atoms with Crippen LogP contribution in [0, 0.1) is 11.3 Å². The number of piperidine rings is 1. The molecule has 1 aliphatic carbocycles. The van der Waals surface area contributed by atoms with Gasteiger partial charge in [0.2, 0.25) is 0 Å². The van der Waals surface area contributed by atoms with Crippen LogP contribution in [0.5, 0.6) is 0 Å². The van der Waals surface area contributed by atoms with Crippen LogP contribution in [-0.4, -0.2) is 25.7 Å². The van der Waals surface area contributed by atoms with E-state index in [1.54, 1.807) is 0 Å². The summed E-state index contributed by atoms with van der Waals surface area (Å²) in [6, 6.07) is 0.824. The summed E-state index contributed by atoms with van der Waals surface area (Å²) >= 11 is 0. The third-order valence-electron chi connectivity index (χ3n) is 4.45. The molecule has 2 N–H and O–H groups in total. The highest BCUT2D eigenvalue weighted by atomic mass is 15.0. The lowest BCUT2D eigenvalue weighted by molar-refractivity contribution is 0.156. The van der Waals surface area contributed by atoms with Gasteiger partial charge in [0.05, 0.1) is 0 Å². The summed E-state index contributed by atoms with van der Waals surface area (Å²) in [5.41, 5.74) is 0.553. The highest BCUT2D eigenvalue weighted by molar-refractivity contribution is 4.90. The van der Waals surface area contributed by atoms with Crippen molar-refractivity contribution in [1.29, 1.82) is 0 Å². The Morgan fingerprint density at radius 3 is 2.73 bits per heavy atom. The van der Waals surface area contributed by atoms with E-state index in [1.807, 2.05) is 0 Å². The fraction of sp³-hybridized carbons (Fsp3) is 1.00. The van der Waals surface area contributed by atoms with Crippen molar-refractivity contribution in [2.75, 3.05) is 19.6 Å². The van der Waals surface area contributed by atoms with Gasteiger partial charge in [0.25, 0.3) is 0 Å². The summed E-state index contributed by atoms with van der Waals surface area (Å²) < 4.78 is 0. The minimum absolute atomic E-state index is 0.553. The molecule has 0 radical (unpaired) electrons. The van der Waals surface area contributed by atoms with Gasteiger partial charge in [0.15, 0.2) is 0 Å². The van der Waals surface area contributed by atoms with Crippen molar-refractivity contribution < 1.29 is 0 Å². The van der Waals surface area contributed by atoms with E-state index >= 15 is 0 Å². The van der Waals surface area contributed by atoms with Crippen molar-refractivity contribution in [2.24, 2.45) is 11.3 Å². The van der Waals surface area contributed by atoms with Crippen LogP contribution in [-0.2, 0) is 0 Å². The normalized spacial score (nSPS) is 41.2. The second-order valence-electron chi connectivity index (χ2n) is 5.79. The first-order chi connectivity index (χ1) is 7.24. The van der Waals surface area contributed by atoms with E-state index in [0.29, 0.717) is 5.41 Å². The molecule has 2 heteroatoms. The van der Waals surface area contributed by atoms with Crippen LogP contribution in [0.4, 0.5) is 0 Å². The van der Waals surface area contributed by atoms with Crippen molar-refractivity contribution in [3.63, 3.8) is 0 Å². The van der Waals surface area contributed by atoms with E-state index < -0.39 is 0 Å². The maximum Gasteiger partial charge on any atom is 0.00723 e. The predicted octanol–water partition coefficient (Wildman–Crippen LogP) is 2.15. The molecule has 2 nitrogen and oxygen atoms in total. The Morgan fingerprint density at radius 2 is 2.20 bits per heavy atom. The molecule has 2 aliphatic rings. The van der Waals surface area contributed by atoms with Crippen LogP contribution in [0.3, 0.4) is 0 Å². The Labute approximate surface area is 94.2 Å². The van der Waals surface area contributed by atoms with Crippen molar-refractivity contribution >= 4 is 0 Å². The molecule has 1 unspecified atom stereocenters. The van der Waals surface area contributed by atoms with Crippen molar-refractivity contribution in [3.05, 3.63) is 0 Å². The van der Waals surface area contributed by atoms with Crippen LogP contribution in [0.15, 0.2) is 0 Å². The first-order valence-corrected chi connectivity index (χ1v) is 6.68. The molecular formula is C13H26N2. The second-order valence-corrected chi connectivity index (χ2v) is 5.79. The minimum atomic E-state index is 0.553. The Balaban J connectivity index is 1.74. The summed E-state index contributed by atoms with van der Waals surface area (Å²) in [5, 5.41) is 7.33. The van der Waals surface area contributed by atoms with Crippen molar-refractivity contribution in [3.8, 4) is 0 Å². The lowest BCUT2D eigenvalue weighted by atomic mass is 9.76. The average molecular weight is 210 g/mol. The monoisotopic (exact) mass is 210 g/mol. The van der Waals surface area contributed by atoms with Gasteiger partial charge >= 0.3 is 0 Å². The van der Waals surface area contributed by atoms with Crippen molar-refractivity contribution in [1.82, 2.24) is 10.6 Å². The molecule has 1 saturated heterocycles. The molecule has 0 amide bonds. The third-order valence-corrected chi connectivity index (χ3v) is 4.45. The molecule has 1 aliphatic heterocycles. The van der Waals surface area contributed by atoms with Gasteiger partial charge in [-0.2, -0.15) is 0 Å². The van der Waals surface area contributed by atoms with Crippen LogP contribution >= 0.6 is 0 Å². The standard InChI is InChI=1S/C13H26N2/c1-3-13(5-4-6-14-9-13)10-15-12-7-11(2)8-12/h11-12,14-15H,3-10H2,1-2H3. The zero-order chi connectivity index (χ0) is 10.7. The van der Waals surface area contributed by atoms with Gasteiger partial charge < -0.3 is 10.6 Å². The first kappa shape index (κ1) is 11.4. The Kier molecular flexibility index (Phi) is 3.68. The summed E-state index contributed by atoms with van der Waals surface area (Å²) in [6.07, 6.45) is 6.87. The summed E-state index contributed by atoms with van der Waals surface area (Å²) in [7, 11) is 0. The number of rotatable bonds is 4. The molecule has 15 heavy (non-hydrogen) atoms. The quantitative estimate of drug-likeness (QED) is 0.743. The van der Waals surface area contributed by atoms with Gasteiger partial charge in [0.1, 0.15) is 0 Å². The van der Waals surface area contributed by atoms with Crippen molar-refractivity contribution in [2.45, 2.75) is 52.0 Å². The molecule has 0 aromatic heterocycles. The van der Waals surface area contributed by atoms with Gasteiger partial charge in [0, 0.05) is 19.1 Å². The minimum Gasteiger partial charge on any atom is -0.316 e. The third kappa shape index (κ3) is 2.73. The van der Waals surface area contributed by atoms with E-state index in [2.05, 4.69) is 24.5 Å². The zero-order valence-corrected chi connectivity index (χ0v) is 10.3. The van der Waals surface area contributed by atoms with Crippen LogP contribution in [0.2, 0.25) is 0 Å². The SMILES string of the molecule is CCC1(CNC2CC(C)C2)CCCNC1. The summed E-state index contributed by atoms with van der Waals surface area (Å²) in [4.78, 5) is 0. The Morgan fingerprint density at radius 1 is 1.40 bits per heavy atom. The van der Waals surface area contributed by atoms with E-state index in [0.717, 1.165) is 12.0 Å². The van der Waals surface area contributed by atoms with Gasteiger partial charge in [-0.1, -0.05) is 13.8 Å². The van der Waals surface area contributed by atoms with Crippen LogP contribution < -0.4 is 10.6 Å². The zero-order valence-electron chi connectivity index (χ0n) is 10.3. The number of hydrogen-bond acceptors (Lipinski definition) is 2. The second kappa shape index (κ2) is 4.84. The smallest absolute Gasteiger partial charge is 0.00723 e. The molecule has 2 fully saturated rings. The number of hydrogen-bond donors (Lipinski definition) is 2. The molecule has 1 atom stereocenters. The van der Waals surface area contributed by atoms with E-state index in [1.165, 1.54) is 51.7 Å². The van der Waals surface area contributed by atoms with E-state index in [-0.39, 0.29) is 0 Å². The molecular weight excluding hydrogens is 184 g/mol. The van der Waals surface area contributed by atoms with Gasteiger partial charge in [-0.05, 0) is 50.0 Å². The molecule has 88 valence electrons. The molecule has 2 rings (SSSR count). The lowest BCUT2D eigenvalue weighted by Crippen LogP contribution is -2.50. The van der Waals surface area contributed by atoms with Gasteiger partial charge in [-0.3, -0.25) is 0 Å². The predicted molar refractivity (Wildman–Crippen MR) is 65.0 cm³/mol. The number of nitrogens with one attached hydrogen (secondary N) is 2. The Bertz CT molecular complexity index is 191. The maximum absolute atomic E-state index is 3.77. The van der Waals surface area contributed by atoms with Crippen LogP contribution in [0.1, 0.15) is 46.0 Å². The molecule has 0 bridgehead atoms.